The average Bonchev–Trinajstić information content (AvgIpc) is 2.72. The molecule has 8 nitrogen and oxygen atoms in total. The number of nitrogens with one attached hydrogen (secondary N) is 2. The maximum absolute atomic E-state index is 12.3. The standard InChI is InChI=1S/C12H15N5O3/c18-11-9-10(15-2-1-14-9)16-12(19)17(11)6-8-5-13-3-4-20-7-8/h1-2,8,13H,3-7H2,(H,15,16,19). The third-order valence-corrected chi connectivity index (χ3v) is 3.27. The zero-order valence-corrected chi connectivity index (χ0v) is 10.8. The molecule has 0 spiro atoms. The van der Waals surface area contributed by atoms with Gasteiger partial charge in [-0.1, -0.05) is 0 Å². The van der Waals surface area contributed by atoms with Crippen LogP contribution in [0, 0.1) is 5.92 Å². The number of fused-ring (bicyclic) bond motifs is 1. The van der Waals surface area contributed by atoms with Gasteiger partial charge in [0.1, 0.15) is 0 Å². The minimum absolute atomic E-state index is 0.0745. The molecule has 1 aliphatic rings. The molecule has 1 saturated heterocycles. The Morgan fingerprint density at radius 1 is 1.35 bits per heavy atom. The molecule has 1 fully saturated rings. The van der Waals surface area contributed by atoms with E-state index in [1.807, 2.05) is 0 Å². The summed E-state index contributed by atoms with van der Waals surface area (Å²) in [5.41, 5.74) is -0.489. The van der Waals surface area contributed by atoms with Crippen molar-refractivity contribution in [1.82, 2.24) is 24.8 Å². The van der Waals surface area contributed by atoms with Crippen molar-refractivity contribution in [3.05, 3.63) is 33.2 Å². The van der Waals surface area contributed by atoms with E-state index in [1.54, 1.807) is 0 Å². The Morgan fingerprint density at radius 2 is 2.20 bits per heavy atom. The van der Waals surface area contributed by atoms with Crippen molar-refractivity contribution < 1.29 is 4.74 Å². The minimum atomic E-state index is -0.466. The molecule has 0 radical (unpaired) electrons. The second-order valence-corrected chi connectivity index (χ2v) is 4.74. The fourth-order valence-corrected chi connectivity index (χ4v) is 2.28. The van der Waals surface area contributed by atoms with Crippen molar-refractivity contribution in [2.24, 2.45) is 5.92 Å². The Kier molecular flexibility index (Phi) is 3.57. The third-order valence-electron chi connectivity index (χ3n) is 3.27. The van der Waals surface area contributed by atoms with Crippen LogP contribution < -0.4 is 16.6 Å². The van der Waals surface area contributed by atoms with E-state index >= 15 is 0 Å². The number of aromatic nitrogens is 4. The summed E-state index contributed by atoms with van der Waals surface area (Å²) in [5.74, 6) is 0.0745. The largest absolute Gasteiger partial charge is 0.380 e. The second kappa shape index (κ2) is 5.51. The topological polar surface area (TPSA) is 102 Å². The number of ether oxygens (including phenoxy) is 1. The summed E-state index contributed by atoms with van der Waals surface area (Å²) < 4.78 is 6.59. The molecule has 1 atom stereocenters. The van der Waals surface area contributed by atoms with Gasteiger partial charge in [-0.05, 0) is 0 Å². The lowest BCUT2D eigenvalue weighted by Gasteiger charge is -2.14. The number of rotatable bonds is 2. The quantitative estimate of drug-likeness (QED) is 0.708. The van der Waals surface area contributed by atoms with E-state index < -0.39 is 11.2 Å². The SMILES string of the molecule is O=c1[nH]c2nccnc2c(=O)n1CC1CNCCOC1. The van der Waals surface area contributed by atoms with Crippen LogP contribution in [0.25, 0.3) is 11.2 Å². The van der Waals surface area contributed by atoms with Gasteiger partial charge in [-0.15, -0.1) is 0 Å². The molecule has 0 aromatic carbocycles. The molecule has 0 bridgehead atoms. The van der Waals surface area contributed by atoms with Gasteiger partial charge in [0, 0.05) is 37.9 Å². The first-order valence-corrected chi connectivity index (χ1v) is 6.48. The van der Waals surface area contributed by atoms with Gasteiger partial charge in [0.25, 0.3) is 5.56 Å². The zero-order chi connectivity index (χ0) is 13.9. The van der Waals surface area contributed by atoms with Crippen LogP contribution in [0.15, 0.2) is 22.0 Å². The fraction of sp³-hybridized carbons (Fsp3) is 0.500. The number of H-pyrrole nitrogens is 1. The molecule has 3 rings (SSSR count). The van der Waals surface area contributed by atoms with Crippen molar-refractivity contribution in [3.8, 4) is 0 Å². The first kappa shape index (κ1) is 12.9. The van der Waals surface area contributed by atoms with Crippen LogP contribution in [0.3, 0.4) is 0 Å². The average molecular weight is 277 g/mol. The van der Waals surface area contributed by atoms with Crippen LogP contribution >= 0.6 is 0 Å². The molecule has 1 aliphatic heterocycles. The molecule has 2 aromatic rings. The van der Waals surface area contributed by atoms with Gasteiger partial charge < -0.3 is 10.1 Å². The molecule has 106 valence electrons. The summed E-state index contributed by atoms with van der Waals surface area (Å²) in [6.45, 7) is 2.96. The van der Waals surface area contributed by atoms with Gasteiger partial charge in [-0.3, -0.25) is 14.3 Å². The smallest absolute Gasteiger partial charge is 0.330 e. The number of hydrogen-bond acceptors (Lipinski definition) is 6. The summed E-state index contributed by atoms with van der Waals surface area (Å²) in [6, 6.07) is 0. The highest BCUT2D eigenvalue weighted by Crippen LogP contribution is 2.02. The summed E-state index contributed by atoms with van der Waals surface area (Å²) in [6.07, 6.45) is 2.87. The highest BCUT2D eigenvalue weighted by molar-refractivity contribution is 5.66. The van der Waals surface area contributed by atoms with Crippen molar-refractivity contribution in [1.29, 1.82) is 0 Å². The molecular formula is C12H15N5O3. The van der Waals surface area contributed by atoms with Gasteiger partial charge >= 0.3 is 5.69 Å². The summed E-state index contributed by atoms with van der Waals surface area (Å²) in [4.78, 5) is 34.8. The van der Waals surface area contributed by atoms with Crippen molar-refractivity contribution >= 4 is 11.2 Å². The van der Waals surface area contributed by atoms with Crippen molar-refractivity contribution in [2.45, 2.75) is 6.54 Å². The number of hydrogen-bond donors (Lipinski definition) is 2. The molecular weight excluding hydrogens is 262 g/mol. The number of nitrogens with zero attached hydrogens (tertiary/aromatic N) is 3. The Balaban J connectivity index is 1.98. The summed E-state index contributed by atoms with van der Waals surface area (Å²) in [5, 5.41) is 3.21. The lowest BCUT2D eigenvalue weighted by Crippen LogP contribution is -2.40. The number of aromatic amines is 1. The first-order valence-electron chi connectivity index (χ1n) is 6.48. The van der Waals surface area contributed by atoms with Crippen LogP contribution in [0.2, 0.25) is 0 Å². The third kappa shape index (κ3) is 2.47. The van der Waals surface area contributed by atoms with Crippen LogP contribution in [0.5, 0.6) is 0 Å². The first-order chi connectivity index (χ1) is 9.75. The molecule has 8 heteroatoms. The van der Waals surface area contributed by atoms with Gasteiger partial charge in [0.15, 0.2) is 11.2 Å². The van der Waals surface area contributed by atoms with Crippen LogP contribution in [0.1, 0.15) is 0 Å². The molecule has 0 saturated carbocycles. The predicted molar refractivity (Wildman–Crippen MR) is 71.6 cm³/mol. The van der Waals surface area contributed by atoms with E-state index in [0.717, 1.165) is 11.1 Å². The predicted octanol–water partition coefficient (Wildman–Crippen LogP) is -1.28. The van der Waals surface area contributed by atoms with Crippen molar-refractivity contribution in [2.75, 3.05) is 26.3 Å². The molecule has 2 N–H and O–H groups in total. The Labute approximate surface area is 113 Å². The molecule has 20 heavy (non-hydrogen) atoms. The molecule has 2 aromatic heterocycles. The normalized spacial score (nSPS) is 19.9. The second-order valence-electron chi connectivity index (χ2n) is 4.74. The van der Waals surface area contributed by atoms with Gasteiger partial charge in [-0.2, -0.15) is 0 Å². The molecule has 1 unspecified atom stereocenters. The van der Waals surface area contributed by atoms with E-state index in [0.29, 0.717) is 26.3 Å². The molecule has 0 amide bonds. The van der Waals surface area contributed by atoms with E-state index in [9.17, 15) is 9.59 Å². The Bertz CT molecular complexity index is 715. The Morgan fingerprint density at radius 3 is 3.10 bits per heavy atom. The van der Waals surface area contributed by atoms with E-state index in [4.69, 9.17) is 4.74 Å². The van der Waals surface area contributed by atoms with Gasteiger partial charge in [0.05, 0.1) is 13.2 Å². The maximum atomic E-state index is 12.3. The fourth-order valence-electron chi connectivity index (χ4n) is 2.28. The highest BCUT2D eigenvalue weighted by Gasteiger charge is 2.17. The zero-order valence-electron chi connectivity index (χ0n) is 10.8. The minimum Gasteiger partial charge on any atom is -0.380 e. The monoisotopic (exact) mass is 277 g/mol. The van der Waals surface area contributed by atoms with E-state index in [2.05, 4.69) is 20.3 Å². The Hall–Kier alpha value is -2.06. The molecule has 3 heterocycles. The van der Waals surface area contributed by atoms with Crippen molar-refractivity contribution in [3.63, 3.8) is 0 Å². The summed E-state index contributed by atoms with van der Waals surface area (Å²) >= 11 is 0. The maximum Gasteiger partial charge on any atom is 0.330 e. The van der Waals surface area contributed by atoms with Gasteiger partial charge in [0.2, 0.25) is 0 Å². The van der Waals surface area contributed by atoms with E-state index in [1.165, 1.54) is 12.4 Å². The lowest BCUT2D eigenvalue weighted by molar-refractivity contribution is 0.117. The highest BCUT2D eigenvalue weighted by atomic mass is 16.5. The van der Waals surface area contributed by atoms with E-state index in [-0.39, 0.29) is 17.1 Å². The van der Waals surface area contributed by atoms with Crippen LogP contribution in [-0.2, 0) is 11.3 Å². The van der Waals surface area contributed by atoms with Crippen LogP contribution in [-0.4, -0.2) is 45.8 Å². The summed E-state index contributed by atoms with van der Waals surface area (Å²) in [7, 11) is 0. The molecule has 0 aliphatic carbocycles. The lowest BCUT2D eigenvalue weighted by atomic mass is 10.1. The van der Waals surface area contributed by atoms with Crippen LogP contribution in [0.4, 0.5) is 0 Å². The van der Waals surface area contributed by atoms with Gasteiger partial charge in [-0.25, -0.2) is 14.8 Å².